The van der Waals surface area contributed by atoms with Gasteiger partial charge < -0.3 is 16.2 Å². The van der Waals surface area contributed by atoms with Crippen LogP contribution in [0.4, 0.5) is 11.4 Å². The summed E-state index contributed by atoms with van der Waals surface area (Å²) in [6.45, 7) is 7.25. The highest BCUT2D eigenvalue weighted by Crippen LogP contribution is 2.22. The van der Waals surface area contributed by atoms with Gasteiger partial charge in [-0.1, -0.05) is 20.8 Å². The lowest BCUT2D eigenvalue weighted by molar-refractivity contribution is 0.0698. The Balaban J connectivity index is 2.80. The van der Waals surface area contributed by atoms with Crippen LogP contribution in [0, 0.1) is 5.41 Å². The third-order valence-electron chi connectivity index (χ3n) is 3.01. The lowest BCUT2D eigenvalue weighted by Crippen LogP contribution is -2.22. The lowest BCUT2D eigenvalue weighted by atomic mass is 9.90. The molecule has 0 amide bonds. The maximum absolute atomic E-state index is 10.9. The number of carbonyl (C=O) groups is 1. The molecule has 0 heterocycles. The van der Waals surface area contributed by atoms with Crippen molar-refractivity contribution in [2.24, 2.45) is 5.41 Å². The van der Waals surface area contributed by atoms with Crippen LogP contribution in [0.2, 0.25) is 0 Å². The molecule has 0 bridgehead atoms. The molecule has 0 spiro atoms. The van der Waals surface area contributed by atoms with Gasteiger partial charge in [0.2, 0.25) is 0 Å². The number of anilines is 2. The van der Waals surface area contributed by atoms with Gasteiger partial charge in [-0.25, -0.2) is 4.79 Å². The maximum Gasteiger partial charge on any atom is 0.337 e. The van der Waals surface area contributed by atoms with Gasteiger partial charge >= 0.3 is 5.97 Å². The standard InChI is InChI=1S/C13H20N2O2/c1-4-13(2,3)8-15-9-5-6-11(14)10(7-9)12(16)17/h5-7,15H,4,8,14H2,1-3H3,(H,16,17). The monoisotopic (exact) mass is 236 g/mol. The number of carboxylic acid groups (broad SMARTS) is 1. The lowest BCUT2D eigenvalue weighted by Gasteiger charge is -2.23. The van der Waals surface area contributed by atoms with Crippen molar-refractivity contribution in [2.75, 3.05) is 17.6 Å². The van der Waals surface area contributed by atoms with Crippen molar-refractivity contribution < 1.29 is 9.90 Å². The van der Waals surface area contributed by atoms with Gasteiger partial charge in [0.05, 0.1) is 5.56 Å². The quantitative estimate of drug-likeness (QED) is 0.687. The molecule has 0 aliphatic carbocycles. The fraction of sp³-hybridized carbons (Fsp3) is 0.462. The summed E-state index contributed by atoms with van der Waals surface area (Å²) in [5.74, 6) is -0.999. The van der Waals surface area contributed by atoms with Crippen LogP contribution in [0.1, 0.15) is 37.6 Å². The molecule has 4 N–H and O–H groups in total. The van der Waals surface area contributed by atoms with Gasteiger partial charge in [-0.2, -0.15) is 0 Å². The molecule has 0 atom stereocenters. The van der Waals surface area contributed by atoms with E-state index in [-0.39, 0.29) is 16.7 Å². The summed E-state index contributed by atoms with van der Waals surface area (Å²) >= 11 is 0. The Bertz CT molecular complexity index is 414. The Morgan fingerprint density at radius 3 is 2.65 bits per heavy atom. The molecule has 0 saturated carbocycles. The molecule has 0 fully saturated rings. The minimum atomic E-state index is -0.999. The van der Waals surface area contributed by atoms with Crippen LogP contribution in [-0.4, -0.2) is 17.6 Å². The summed E-state index contributed by atoms with van der Waals surface area (Å²) in [7, 11) is 0. The van der Waals surface area contributed by atoms with Gasteiger partial charge in [0, 0.05) is 17.9 Å². The van der Waals surface area contributed by atoms with Crippen LogP contribution in [0.3, 0.4) is 0 Å². The average molecular weight is 236 g/mol. The first-order valence-electron chi connectivity index (χ1n) is 5.72. The van der Waals surface area contributed by atoms with Gasteiger partial charge in [0.1, 0.15) is 0 Å². The van der Waals surface area contributed by atoms with Crippen molar-refractivity contribution in [1.29, 1.82) is 0 Å². The predicted molar refractivity (Wildman–Crippen MR) is 70.4 cm³/mol. The molecule has 1 aromatic rings. The highest BCUT2D eigenvalue weighted by molar-refractivity contribution is 5.94. The third-order valence-corrected chi connectivity index (χ3v) is 3.01. The van der Waals surface area contributed by atoms with E-state index in [0.29, 0.717) is 0 Å². The second-order valence-corrected chi connectivity index (χ2v) is 4.98. The maximum atomic E-state index is 10.9. The van der Waals surface area contributed by atoms with Crippen LogP contribution >= 0.6 is 0 Å². The zero-order valence-electron chi connectivity index (χ0n) is 10.6. The van der Waals surface area contributed by atoms with Crippen LogP contribution in [0.15, 0.2) is 18.2 Å². The van der Waals surface area contributed by atoms with Gasteiger partial charge in [-0.3, -0.25) is 0 Å². The Hall–Kier alpha value is -1.71. The van der Waals surface area contributed by atoms with Gasteiger partial charge in [-0.05, 0) is 30.0 Å². The molecular weight excluding hydrogens is 216 g/mol. The van der Waals surface area contributed by atoms with Crippen molar-refractivity contribution in [3.8, 4) is 0 Å². The minimum absolute atomic E-state index is 0.143. The summed E-state index contributed by atoms with van der Waals surface area (Å²) in [5, 5.41) is 12.2. The molecule has 0 aliphatic rings. The summed E-state index contributed by atoms with van der Waals surface area (Å²) in [6.07, 6.45) is 1.06. The van der Waals surface area contributed by atoms with Crippen molar-refractivity contribution in [3.05, 3.63) is 23.8 Å². The Labute approximate surface area is 102 Å². The highest BCUT2D eigenvalue weighted by atomic mass is 16.4. The first kappa shape index (κ1) is 13.4. The molecule has 0 aliphatic heterocycles. The SMILES string of the molecule is CCC(C)(C)CNc1ccc(N)c(C(=O)O)c1. The van der Waals surface area contributed by atoms with Crippen LogP contribution in [-0.2, 0) is 0 Å². The number of nitrogens with two attached hydrogens (primary N) is 1. The second-order valence-electron chi connectivity index (χ2n) is 4.98. The normalized spacial score (nSPS) is 11.2. The first-order chi connectivity index (χ1) is 7.85. The van der Waals surface area contributed by atoms with Crippen LogP contribution < -0.4 is 11.1 Å². The zero-order valence-corrected chi connectivity index (χ0v) is 10.6. The van der Waals surface area contributed by atoms with E-state index in [1.807, 2.05) is 0 Å². The molecule has 0 unspecified atom stereocenters. The molecular formula is C13H20N2O2. The van der Waals surface area contributed by atoms with E-state index >= 15 is 0 Å². The van der Waals surface area contributed by atoms with Gasteiger partial charge in [-0.15, -0.1) is 0 Å². The minimum Gasteiger partial charge on any atom is -0.478 e. The van der Waals surface area contributed by atoms with Crippen LogP contribution in [0.25, 0.3) is 0 Å². The van der Waals surface area contributed by atoms with E-state index < -0.39 is 5.97 Å². The van der Waals surface area contributed by atoms with E-state index in [4.69, 9.17) is 10.8 Å². The van der Waals surface area contributed by atoms with Crippen LogP contribution in [0.5, 0.6) is 0 Å². The molecule has 17 heavy (non-hydrogen) atoms. The molecule has 1 aromatic carbocycles. The summed E-state index contributed by atoms with van der Waals surface area (Å²) in [4.78, 5) is 10.9. The topological polar surface area (TPSA) is 75.3 Å². The van der Waals surface area contributed by atoms with E-state index in [2.05, 4.69) is 26.1 Å². The molecule has 0 saturated heterocycles. The van der Waals surface area contributed by atoms with Crippen molar-refractivity contribution >= 4 is 17.3 Å². The van der Waals surface area contributed by atoms with E-state index in [1.165, 1.54) is 0 Å². The Morgan fingerprint density at radius 2 is 2.12 bits per heavy atom. The fourth-order valence-electron chi connectivity index (χ4n) is 1.32. The number of hydrogen-bond acceptors (Lipinski definition) is 3. The molecule has 4 heteroatoms. The third kappa shape index (κ3) is 3.66. The number of rotatable bonds is 5. The number of nitrogen functional groups attached to an aromatic ring is 1. The first-order valence-corrected chi connectivity index (χ1v) is 5.72. The number of aromatic carboxylic acids is 1. The van der Waals surface area contributed by atoms with E-state index in [0.717, 1.165) is 18.7 Å². The molecule has 0 aromatic heterocycles. The summed E-state index contributed by atoms with van der Waals surface area (Å²) in [6, 6.07) is 4.99. The zero-order chi connectivity index (χ0) is 13.1. The fourth-order valence-corrected chi connectivity index (χ4v) is 1.32. The van der Waals surface area contributed by atoms with E-state index in [9.17, 15) is 4.79 Å². The van der Waals surface area contributed by atoms with Crippen molar-refractivity contribution in [2.45, 2.75) is 27.2 Å². The van der Waals surface area contributed by atoms with E-state index in [1.54, 1.807) is 18.2 Å². The van der Waals surface area contributed by atoms with Gasteiger partial charge in [0.25, 0.3) is 0 Å². The Morgan fingerprint density at radius 1 is 1.47 bits per heavy atom. The molecule has 1 rings (SSSR count). The molecule has 0 radical (unpaired) electrons. The number of benzene rings is 1. The van der Waals surface area contributed by atoms with Gasteiger partial charge in [0.15, 0.2) is 0 Å². The smallest absolute Gasteiger partial charge is 0.337 e. The highest BCUT2D eigenvalue weighted by Gasteiger charge is 2.15. The number of nitrogens with one attached hydrogen (secondary N) is 1. The van der Waals surface area contributed by atoms with Crippen molar-refractivity contribution in [3.63, 3.8) is 0 Å². The Kier molecular flexibility index (Phi) is 3.99. The average Bonchev–Trinajstić information content (AvgIpc) is 2.27. The molecule has 4 nitrogen and oxygen atoms in total. The second kappa shape index (κ2) is 5.08. The predicted octanol–water partition coefficient (Wildman–Crippen LogP) is 2.82. The number of hydrogen-bond donors (Lipinski definition) is 3. The largest absolute Gasteiger partial charge is 0.478 e. The number of carboxylic acids is 1. The summed E-state index contributed by atoms with van der Waals surface area (Å²) in [5.41, 5.74) is 7.00. The molecule has 94 valence electrons. The van der Waals surface area contributed by atoms with Crippen molar-refractivity contribution in [1.82, 2.24) is 0 Å². The summed E-state index contributed by atoms with van der Waals surface area (Å²) < 4.78 is 0.